The van der Waals surface area contributed by atoms with Gasteiger partial charge in [0.2, 0.25) is 0 Å². The average Bonchev–Trinajstić information content (AvgIpc) is 3.17. The van der Waals surface area contributed by atoms with E-state index < -0.39 is 23.2 Å². The summed E-state index contributed by atoms with van der Waals surface area (Å²) in [5, 5.41) is 1.29. The van der Waals surface area contributed by atoms with Crippen molar-refractivity contribution in [3.05, 3.63) is 74.6 Å². The fourth-order valence-corrected chi connectivity index (χ4v) is 4.17. The van der Waals surface area contributed by atoms with E-state index in [0.29, 0.717) is 27.6 Å². The van der Waals surface area contributed by atoms with E-state index in [1.165, 1.54) is 11.1 Å². The molecule has 1 amide bonds. The van der Waals surface area contributed by atoms with Gasteiger partial charge in [-0.05, 0) is 29.7 Å². The van der Waals surface area contributed by atoms with Crippen LogP contribution in [0.4, 0.5) is 8.78 Å². The minimum Gasteiger partial charge on any atom is -0.373 e. The lowest BCUT2D eigenvalue weighted by molar-refractivity contribution is 0.0333. The van der Waals surface area contributed by atoms with Crippen molar-refractivity contribution in [1.82, 2.24) is 19.9 Å². The predicted octanol–water partition coefficient (Wildman–Crippen LogP) is 3.68. The third-order valence-corrected chi connectivity index (χ3v) is 5.74. The standard InChI is InChI=1S/C21H15ClF2N4O3/c1-28(21(30)14-2-9-3-18(22)25-6-15(9)26-14)17-8-31-7-16-19(17)10-4-12(23)13(24)5-11(10)20(29)27-16/h2-6,17,26H,7-8H2,1H3,(H,27,29)/t17-/m1/s1. The summed E-state index contributed by atoms with van der Waals surface area (Å²) in [6, 6.07) is 4.53. The van der Waals surface area contributed by atoms with Gasteiger partial charge < -0.3 is 19.6 Å². The van der Waals surface area contributed by atoms with Gasteiger partial charge in [-0.15, -0.1) is 0 Å². The average molecular weight is 445 g/mol. The lowest BCUT2D eigenvalue weighted by Crippen LogP contribution is -2.37. The van der Waals surface area contributed by atoms with Gasteiger partial charge in [-0.25, -0.2) is 13.8 Å². The summed E-state index contributed by atoms with van der Waals surface area (Å²) < 4.78 is 33.4. The number of hydrogen-bond acceptors (Lipinski definition) is 4. The lowest BCUT2D eigenvalue weighted by atomic mass is 9.95. The number of nitrogens with zero attached hydrogens (tertiary/aromatic N) is 2. The first-order valence-electron chi connectivity index (χ1n) is 9.36. The maximum absolute atomic E-state index is 14.0. The maximum Gasteiger partial charge on any atom is 0.270 e. The van der Waals surface area contributed by atoms with Gasteiger partial charge in [0.15, 0.2) is 11.6 Å². The number of aromatic amines is 2. The van der Waals surface area contributed by atoms with E-state index in [9.17, 15) is 18.4 Å². The number of fused-ring (bicyclic) bond motifs is 4. The third-order valence-electron chi connectivity index (χ3n) is 5.53. The fourth-order valence-electron chi connectivity index (χ4n) is 4.00. The van der Waals surface area contributed by atoms with Crippen molar-refractivity contribution in [2.45, 2.75) is 12.6 Å². The van der Waals surface area contributed by atoms with Gasteiger partial charge in [0.25, 0.3) is 11.5 Å². The van der Waals surface area contributed by atoms with Crippen LogP contribution in [0, 0.1) is 11.6 Å². The van der Waals surface area contributed by atoms with E-state index in [1.54, 1.807) is 19.2 Å². The molecule has 1 aliphatic heterocycles. The molecule has 1 aromatic carbocycles. The number of carbonyl (C=O) groups is 1. The van der Waals surface area contributed by atoms with Crippen LogP contribution >= 0.6 is 11.6 Å². The van der Waals surface area contributed by atoms with Gasteiger partial charge >= 0.3 is 0 Å². The summed E-state index contributed by atoms with van der Waals surface area (Å²) >= 11 is 5.92. The van der Waals surface area contributed by atoms with E-state index in [0.717, 1.165) is 17.5 Å². The second kappa shape index (κ2) is 7.14. The molecule has 1 atom stereocenters. The maximum atomic E-state index is 14.0. The Balaban J connectivity index is 1.61. The van der Waals surface area contributed by atoms with Crippen molar-refractivity contribution < 1.29 is 18.3 Å². The van der Waals surface area contributed by atoms with Crippen LogP contribution in [-0.4, -0.2) is 39.4 Å². The third kappa shape index (κ3) is 3.17. The highest BCUT2D eigenvalue weighted by Crippen LogP contribution is 2.34. The lowest BCUT2D eigenvalue weighted by Gasteiger charge is -2.33. The smallest absolute Gasteiger partial charge is 0.270 e. The molecule has 10 heteroatoms. The van der Waals surface area contributed by atoms with Crippen LogP contribution in [0.25, 0.3) is 21.7 Å². The Morgan fingerprint density at radius 1 is 1.19 bits per heavy atom. The minimum atomic E-state index is -1.11. The van der Waals surface area contributed by atoms with Crippen LogP contribution in [0.15, 0.2) is 35.3 Å². The molecule has 158 valence electrons. The van der Waals surface area contributed by atoms with Crippen molar-refractivity contribution in [2.75, 3.05) is 13.7 Å². The number of aromatic nitrogens is 3. The largest absolute Gasteiger partial charge is 0.373 e. The van der Waals surface area contributed by atoms with E-state index >= 15 is 0 Å². The Hall–Kier alpha value is -3.30. The molecule has 0 saturated heterocycles. The number of pyridine rings is 2. The summed E-state index contributed by atoms with van der Waals surface area (Å²) in [7, 11) is 1.58. The number of halogens is 3. The molecule has 7 nitrogen and oxygen atoms in total. The Morgan fingerprint density at radius 2 is 1.94 bits per heavy atom. The molecule has 4 heterocycles. The van der Waals surface area contributed by atoms with Crippen LogP contribution in [0.1, 0.15) is 27.8 Å². The Morgan fingerprint density at radius 3 is 2.71 bits per heavy atom. The highest BCUT2D eigenvalue weighted by atomic mass is 35.5. The molecule has 0 radical (unpaired) electrons. The normalized spacial score (nSPS) is 15.9. The highest BCUT2D eigenvalue weighted by molar-refractivity contribution is 6.30. The molecular weight excluding hydrogens is 430 g/mol. The molecule has 0 saturated carbocycles. The summed E-state index contributed by atoms with van der Waals surface area (Å²) in [6.45, 7) is 0.220. The van der Waals surface area contributed by atoms with Crippen molar-refractivity contribution in [3.63, 3.8) is 0 Å². The number of rotatable bonds is 2. The van der Waals surface area contributed by atoms with Gasteiger partial charge in [0.1, 0.15) is 10.8 Å². The Labute approximate surface area is 178 Å². The van der Waals surface area contributed by atoms with Gasteiger partial charge in [-0.2, -0.15) is 0 Å². The highest BCUT2D eigenvalue weighted by Gasteiger charge is 2.32. The molecule has 5 rings (SSSR count). The van der Waals surface area contributed by atoms with Crippen molar-refractivity contribution in [2.24, 2.45) is 0 Å². The zero-order chi connectivity index (χ0) is 21.9. The molecule has 0 bridgehead atoms. The topological polar surface area (TPSA) is 91.1 Å². The van der Waals surface area contributed by atoms with Crippen LogP contribution in [0.2, 0.25) is 5.15 Å². The number of H-pyrrole nitrogens is 2. The first-order valence-corrected chi connectivity index (χ1v) is 9.74. The van der Waals surface area contributed by atoms with E-state index in [1.807, 2.05) is 0 Å². The van der Waals surface area contributed by atoms with Crippen molar-refractivity contribution in [3.8, 4) is 0 Å². The number of nitrogens with one attached hydrogen (secondary N) is 2. The number of amides is 1. The van der Waals surface area contributed by atoms with Gasteiger partial charge in [0.05, 0.1) is 36.4 Å². The van der Waals surface area contributed by atoms with Gasteiger partial charge in [-0.1, -0.05) is 11.6 Å². The van der Waals surface area contributed by atoms with Crippen LogP contribution < -0.4 is 5.56 Å². The zero-order valence-electron chi connectivity index (χ0n) is 16.1. The molecule has 31 heavy (non-hydrogen) atoms. The first-order chi connectivity index (χ1) is 14.8. The SMILES string of the molecule is CN(C(=O)c1cc2cc(Cl)ncc2[nH]1)[C@@H]1COCc2[nH]c(=O)c3cc(F)c(F)cc3c21. The van der Waals surface area contributed by atoms with Crippen LogP contribution in [0.3, 0.4) is 0 Å². The molecule has 0 fully saturated rings. The quantitative estimate of drug-likeness (QED) is 0.461. The number of hydrogen-bond donors (Lipinski definition) is 2. The molecular formula is C21H15ClF2N4O3. The monoisotopic (exact) mass is 444 g/mol. The molecule has 0 spiro atoms. The number of carbonyl (C=O) groups excluding carboxylic acids is 1. The summed E-state index contributed by atoms with van der Waals surface area (Å²) in [4.78, 5) is 36.7. The van der Waals surface area contributed by atoms with Gasteiger partial charge in [-0.3, -0.25) is 9.59 Å². The second-order valence-electron chi connectivity index (χ2n) is 7.38. The molecule has 3 aromatic heterocycles. The summed E-state index contributed by atoms with van der Waals surface area (Å²) in [5.74, 6) is -2.54. The molecule has 2 N–H and O–H groups in total. The van der Waals surface area contributed by atoms with E-state index in [-0.39, 0.29) is 29.9 Å². The van der Waals surface area contributed by atoms with Crippen molar-refractivity contribution >= 4 is 39.2 Å². The first kappa shape index (κ1) is 19.7. The van der Waals surface area contributed by atoms with E-state index in [4.69, 9.17) is 16.3 Å². The Kier molecular flexibility index (Phi) is 4.53. The van der Waals surface area contributed by atoms with Crippen molar-refractivity contribution in [1.29, 1.82) is 0 Å². The Bertz CT molecular complexity index is 1430. The van der Waals surface area contributed by atoms with Crippen LogP contribution in [-0.2, 0) is 11.3 Å². The van der Waals surface area contributed by atoms with Gasteiger partial charge in [0, 0.05) is 23.7 Å². The molecule has 0 unspecified atom stereocenters. The summed E-state index contributed by atoms with van der Waals surface area (Å²) in [5.41, 5.74) is 1.35. The number of ether oxygens (including phenoxy) is 1. The number of benzene rings is 1. The predicted molar refractivity (Wildman–Crippen MR) is 110 cm³/mol. The van der Waals surface area contributed by atoms with Crippen LogP contribution in [0.5, 0.6) is 0 Å². The second-order valence-corrected chi connectivity index (χ2v) is 7.77. The zero-order valence-corrected chi connectivity index (χ0v) is 16.9. The summed E-state index contributed by atoms with van der Waals surface area (Å²) in [6.07, 6.45) is 1.53. The molecule has 0 aliphatic carbocycles. The molecule has 1 aliphatic rings. The van der Waals surface area contributed by atoms with E-state index in [2.05, 4.69) is 15.0 Å². The fraction of sp³-hybridized carbons (Fsp3) is 0.190. The minimum absolute atomic E-state index is 0.0109. The number of likely N-dealkylation sites (N-methyl/N-ethyl adjacent to an activating group) is 1. The molecule has 4 aromatic rings.